The first-order valence-corrected chi connectivity index (χ1v) is 7.01. The monoisotopic (exact) mass is 194 g/mol. The van der Waals surface area contributed by atoms with Gasteiger partial charge in [-0.2, -0.15) is 0 Å². The van der Waals surface area contributed by atoms with E-state index >= 15 is 0 Å². The normalized spacial score (nSPS) is 15.5. The minimum absolute atomic E-state index is 0.612. The van der Waals surface area contributed by atoms with Crippen molar-refractivity contribution in [2.45, 2.75) is 19.4 Å². The second-order valence-electron chi connectivity index (χ2n) is 3.59. The van der Waals surface area contributed by atoms with Crippen molar-refractivity contribution in [3.05, 3.63) is 35.7 Å². The van der Waals surface area contributed by atoms with Crippen molar-refractivity contribution in [1.82, 2.24) is 0 Å². The van der Waals surface area contributed by atoms with Gasteiger partial charge in [-0.05, 0) is 13.3 Å². The van der Waals surface area contributed by atoms with Gasteiger partial charge in [0.05, 0.1) is 15.4 Å². The van der Waals surface area contributed by atoms with Crippen LogP contribution in [0.4, 0.5) is 0 Å². The van der Waals surface area contributed by atoms with E-state index in [1.807, 2.05) is 6.92 Å². The van der Waals surface area contributed by atoms with Crippen LogP contribution < -0.4 is 0 Å². The molecule has 0 atom stereocenters. The van der Waals surface area contributed by atoms with Gasteiger partial charge in [-0.3, -0.25) is 0 Å². The van der Waals surface area contributed by atoms with Gasteiger partial charge in [0.2, 0.25) is 0 Å². The maximum atomic E-state index is 5.43. The molecule has 0 aromatic rings. The fraction of sp³-hybridized carbons (Fsp3) is 0.455. The molecule has 72 valence electrons. The lowest BCUT2D eigenvalue weighted by atomic mass is 10.4. The topological polar surface area (TPSA) is 9.23 Å². The Balaban J connectivity index is 1.92. The molecule has 2 heteroatoms. The quantitative estimate of drug-likeness (QED) is 0.358. The van der Waals surface area contributed by atoms with Gasteiger partial charge in [0, 0.05) is 6.61 Å². The van der Waals surface area contributed by atoms with E-state index in [4.69, 9.17) is 4.74 Å². The van der Waals surface area contributed by atoms with E-state index in [-0.39, 0.29) is 0 Å². The molecule has 1 aliphatic rings. The predicted molar refractivity (Wildman–Crippen MR) is 60.5 cm³/mol. The molecule has 1 rings (SSSR count). The first-order valence-electron chi connectivity index (χ1n) is 4.86. The summed E-state index contributed by atoms with van der Waals surface area (Å²) in [7, 11) is -0.612. The third kappa shape index (κ3) is 4.86. The highest BCUT2D eigenvalue weighted by molar-refractivity contribution is 6.70. The lowest BCUT2D eigenvalue weighted by molar-refractivity contribution is 0.157. The van der Waals surface area contributed by atoms with Crippen LogP contribution in [0.5, 0.6) is 0 Å². The summed E-state index contributed by atoms with van der Waals surface area (Å²) in [6, 6.07) is 1.34. The van der Waals surface area contributed by atoms with Crippen LogP contribution in [-0.4, -0.2) is 22.0 Å². The van der Waals surface area contributed by atoms with Gasteiger partial charge in [-0.25, -0.2) is 0 Å². The Morgan fingerprint density at radius 1 is 1.38 bits per heavy atom. The maximum Gasteiger partial charge on any atom is 0.0853 e. The predicted octanol–water partition coefficient (Wildman–Crippen LogP) is 2.40. The molecule has 0 saturated carbocycles. The molecule has 0 aromatic carbocycles. The molecule has 0 fully saturated rings. The van der Waals surface area contributed by atoms with Gasteiger partial charge in [0.25, 0.3) is 0 Å². The van der Waals surface area contributed by atoms with Gasteiger partial charge in [0.15, 0.2) is 0 Å². The molecule has 0 amide bonds. The average Bonchev–Trinajstić information content (AvgIpc) is 2.55. The Bertz CT molecular complexity index is 206. The van der Waals surface area contributed by atoms with E-state index in [1.54, 1.807) is 0 Å². The molecule has 0 aromatic heterocycles. The van der Waals surface area contributed by atoms with E-state index in [0.717, 1.165) is 18.8 Å². The molecule has 1 nitrogen and oxygen atoms in total. The van der Waals surface area contributed by atoms with Gasteiger partial charge < -0.3 is 4.74 Å². The molecule has 0 N–H and O–H groups in total. The molecule has 0 spiro atoms. The molecule has 0 radical (unpaired) electrons. The second-order valence-corrected chi connectivity index (χ2v) is 6.26. The Hall–Kier alpha value is -0.603. The molecule has 13 heavy (non-hydrogen) atoms. The summed E-state index contributed by atoms with van der Waals surface area (Å²) in [6.07, 6.45) is 5.54. The zero-order valence-electron chi connectivity index (χ0n) is 8.33. The summed E-state index contributed by atoms with van der Waals surface area (Å²) in [5.74, 6) is 0. The van der Waals surface area contributed by atoms with E-state index in [9.17, 15) is 0 Å². The molecular weight excluding hydrogens is 176 g/mol. The first-order chi connectivity index (χ1) is 6.29. The fourth-order valence-corrected chi connectivity index (χ4v) is 3.32. The third-order valence-electron chi connectivity index (χ3n) is 2.00. The van der Waals surface area contributed by atoms with Crippen molar-refractivity contribution in [2.75, 3.05) is 13.2 Å². The molecule has 0 saturated heterocycles. The van der Waals surface area contributed by atoms with Gasteiger partial charge >= 0.3 is 0 Å². The smallest absolute Gasteiger partial charge is 0.0853 e. The molecule has 0 unspecified atom stereocenters. The van der Waals surface area contributed by atoms with Crippen molar-refractivity contribution in [1.29, 1.82) is 0 Å². The summed E-state index contributed by atoms with van der Waals surface area (Å²) in [4.78, 5) is 0. The molecule has 0 aliphatic carbocycles. The lowest BCUT2D eigenvalue weighted by Gasteiger charge is -2.04. The Labute approximate surface area is 82.4 Å². The summed E-state index contributed by atoms with van der Waals surface area (Å²) < 4.78 is 5.43. The third-order valence-corrected chi connectivity index (χ3v) is 4.51. The van der Waals surface area contributed by atoms with Crippen molar-refractivity contribution < 1.29 is 4.74 Å². The van der Waals surface area contributed by atoms with Crippen LogP contribution in [0.15, 0.2) is 35.7 Å². The summed E-state index contributed by atoms with van der Waals surface area (Å²) >= 11 is 0. The van der Waals surface area contributed by atoms with Crippen molar-refractivity contribution in [3.63, 3.8) is 0 Å². The first kappa shape index (κ1) is 10.5. The van der Waals surface area contributed by atoms with Crippen LogP contribution in [-0.2, 0) is 4.74 Å². The van der Waals surface area contributed by atoms with Crippen LogP contribution in [0.1, 0.15) is 13.3 Å². The zero-order chi connectivity index (χ0) is 9.52. The average molecular weight is 194 g/mol. The molecular formula is C11H18OSi. The highest BCUT2D eigenvalue weighted by Gasteiger charge is 2.04. The minimum atomic E-state index is -0.612. The SMILES string of the molecule is C=C(C)COCCC[SiH]1C=CC=C1. The van der Waals surface area contributed by atoms with E-state index < -0.39 is 8.80 Å². The highest BCUT2D eigenvalue weighted by Crippen LogP contribution is 2.06. The zero-order valence-corrected chi connectivity index (χ0v) is 9.49. The summed E-state index contributed by atoms with van der Waals surface area (Å²) in [5.41, 5.74) is 5.86. The molecule has 1 heterocycles. The van der Waals surface area contributed by atoms with Gasteiger partial charge in [-0.15, -0.1) is 0 Å². The number of hydrogen-bond acceptors (Lipinski definition) is 1. The van der Waals surface area contributed by atoms with Crippen LogP contribution >= 0.6 is 0 Å². The van der Waals surface area contributed by atoms with Crippen molar-refractivity contribution in [3.8, 4) is 0 Å². The van der Waals surface area contributed by atoms with Gasteiger partial charge in [-0.1, -0.05) is 41.7 Å². The number of allylic oxidation sites excluding steroid dienone is 2. The van der Waals surface area contributed by atoms with E-state index in [2.05, 4.69) is 30.1 Å². The highest BCUT2D eigenvalue weighted by atomic mass is 28.3. The van der Waals surface area contributed by atoms with E-state index in [0.29, 0.717) is 0 Å². The minimum Gasteiger partial charge on any atom is -0.377 e. The number of ether oxygens (including phenoxy) is 1. The molecule has 0 bridgehead atoms. The lowest BCUT2D eigenvalue weighted by Crippen LogP contribution is -2.05. The second kappa shape index (κ2) is 5.94. The van der Waals surface area contributed by atoms with Crippen molar-refractivity contribution >= 4 is 8.80 Å². The van der Waals surface area contributed by atoms with Crippen LogP contribution in [0.3, 0.4) is 0 Å². The Morgan fingerprint density at radius 3 is 2.69 bits per heavy atom. The standard InChI is InChI=1S/C11H18OSi/c1-11(2)10-12-6-5-9-13-7-3-4-8-13/h3-4,7-8,13H,1,5-6,9-10H2,2H3. The largest absolute Gasteiger partial charge is 0.377 e. The fourth-order valence-electron chi connectivity index (χ4n) is 1.34. The molecule has 1 aliphatic heterocycles. The Kier molecular flexibility index (Phi) is 4.79. The number of rotatable bonds is 6. The Morgan fingerprint density at radius 2 is 2.08 bits per heavy atom. The summed E-state index contributed by atoms with van der Waals surface area (Å²) in [6.45, 7) is 7.40. The van der Waals surface area contributed by atoms with Crippen LogP contribution in [0.2, 0.25) is 6.04 Å². The van der Waals surface area contributed by atoms with E-state index in [1.165, 1.54) is 12.5 Å². The summed E-state index contributed by atoms with van der Waals surface area (Å²) in [5, 5.41) is 0. The maximum absolute atomic E-state index is 5.43. The van der Waals surface area contributed by atoms with Crippen molar-refractivity contribution in [2.24, 2.45) is 0 Å². The van der Waals surface area contributed by atoms with Gasteiger partial charge in [0.1, 0.15) is 0 Å². The van der Waals surface area contributed by atoms with Crippen LogP contribution in [0, 0.1) is 0 Å². The van der Waals surface area contributed by atoms with Crippen LogP contribution in [0.25, 0.3) is 0 Å². The number of hydrogen-bond donors (Lipinski definition) is 0.